The Kier molecular flexibility index (Phi) is 3.69. The minimum Gasteiger partial charge on any atom is -0.497 e. The van der Waals surface area contributed by atoms with Gasteiger partial charge < -0.3 is 19.5 Å². The number of anilines is 1. The zero-order chi connectivity index (χ0) is 15.8. The number of carbonyl (C=O) groups is 3. The van der Waals surface area contributed by atoms with Gasteiger partial charge in [-0.1, -0.05) is 0 Å². The minimum atomic E-state index is -1.92. The summed E-state index contributed by atoms with van der Waals surface area (Å²) in [6.07, 6.45) is 0. The Morgan fingerprint density at radius 2 is 2.00 bits per heavy atom. The van der Waals surface area contributed by atoms with Crippen molar-refractivity contribution in [1.29, 1.82) is 0 Å². The first kappa shape index (κ1) is 15.0. The number of nitrogens with zero attached hydrogens (tertiary/aromatic N) is 1. The average Bonchev–Trinajstić information content (AvgIpc) is 2.70. The monoisotopic (exact) mass is 293 g/mol. The molecule has 0 aliphatic carbocycles. The van der Waals surface area contributed by atoms with Crippen LogP contribution in [0.1, 0.15) is 17.3 Å². The third-order valence-electron chi connectivity index (χ3n) is 3.27. The quantitative estimate of drug-likeness (QED) is 0.627. The molecule has 1 unspecified atom stereocenters. The molecule has 1 aromatic rings. The molecule has 0 radical (unpaired) electrons. The summed E-state index contributed by atoms with van der Waals surface area (Å²) in [7, 11) is 2.58. The lowest BCUT2D eigenvalue weighted by Gasteiger charge is -2.26. The van der Waals surface area contributed by atoms with Crippen molar-refractivity contribution in [3.8, 4) is 5.75 Å². The largest absolute Gasteiger partial charge is 0.497 e. The van der Waals surface area contributed by atoms with Crippen molar-refractivity contribution >= 4 is 23.3 Å². The summed E-state index contributed by atoms with van der Waals surface area (Å²) < 4.78 is 9.54. The van der Waals surface area contributed by atoms with Gasteiger partial charge in [0.1, 0.15) is 5.75 Å². The average molecular weight is 293 g/mol. The van der Waals surface area contributed by atoms with Crippen LogP contribution in [-0.4, -0.2) is 49.1 Å². The molecule has 0 aromatic heterocycles. The van der Waals surface area contributed by atoms with Crippen LogP contribution in [0.5, 0.6) is 5.75 Å². The van der Waals surface area contributed by atoms with Gasteiger partial charge in [0.2, 0.25) is 0 Å². The molecule has 0 saturated heterocycles. The first-order valence-electron chi connectivity index (χ1n) is 6.17. The number of ether oxygens (including phenoxy) is 2. The number of aliphatic hydroxyl groups is 1. The molecule has 0 bridgehead atoms. The number of rotatable bonds is 4. The molecule has 1 heterocycles. The number of methoxy groups -OCH3 is 2. The topological polar surface area (TPSA) is 93.1 Å². The predicted octanol–water partition coefficient (Wildman–Crippen LogP) is 0.148. The summed E-state index contributed by atoms with van der Waals surface area (Å²) in [5.41, 5.74) is -1.41. The lowest BCUT2D eigenvalue weighted by Crippen LogP contribution is -2.49. The maximum absolute atomic E-state index is 12.0. The molecule has 112 valence electrons. The van der Waals surface area contributed by atoms with Crippen molar-refractivity contribution in [2.75, 3.05) is 25.7 Å². The highest BCUT2D eigenvalue weighted by Crippen LogP contribution is 2.33. The first-order valence-corrected chi connectivity index (χ1v) is 6.17. The van der Waals surface area contributed by atoms with E-state index in [9.17, 15) is 19.5 Å². The highest BCUT2D eigenvalue weighted by molar-refractivity contribution is 6.52. The van der Waals surface area contributed by atoms with Crippen LogP contribution in [0, 0.1) is 0 Å². The van der Waals surface area contributed by atoms with E-state index in [0.717, 1.165) is 12.0 Å². The molecule has 21 heavy (non-hydrogen) atoms. The van der Waals surface area contributed by atoms with Crippen molar-refractivity contribution in [1.82, 2.24) is 0 Å². The number of amides is 1. The van der Waals surface area contributed by atoms with Crippen LogP contribution in [0.15, 0.2) is 18.2 Å². The van der Waals surface area contributed by atoms with E-state index in [-0.39, 0.29) is 12.1 Å². The molecule has 2 rings (SSSR count). The van der Waals surface area contributed by atoms with Gasteiger partial charge in [-0.2, -0.15) is 0 Å². The van der Waals surface area contributed by atoms with Crippen LogP contribution in [0.2, 0.25) is 0 Å². The Hall–Kier alpha value is -2.41. The van der Waals surface area contributed by atoms with Crippen LogP contribution in [-0.2, 0) is 14.3 Å². The third-order valence-corrected chi connectivity index (χ3v) is 3.27. The van der Waals surface area contributed by atoms with Crippen LogP contribution in [0.4, 0.5) is 5.69 Å². The number of hydrogen-bond acceptors (Lipinski definition) is 6. The van der Waals surface area contributed by atoms with Crippen LogP contribution < -0.4 is 9.64 Å². The number of β-amino-alcohol motifs (C(OH)–C–C–N with tert-alkyl or cyclic N) is 1. The number of ketones is 1. The van der Waals surface area contributed by atoms with E-state index in [0.29, 0.717) is 11.4 Å². The van der Waals surface area contributed by atoms with E-state index in [1.807, 2.05) is 0 Å². The van der Waals surface area contributed by atoms with Gasteiger partial charge in [-0.25, -0.2) is 4.79 Å². The van der Waals surface area contributed by atoms with Crippen LogP contribution >= 0.6 is 0 Å². The van der Waals surface area contributed by atoms with Crippen molar-refractivity contribution in [3.63, 3.8) is 0 Å². The van der Waals surface area contributed by atoms with E-state index in [2.05, 4.69) is 4.74 Å². The summed E-state index contributed by atoms with van der Waals surface area (Å²) in [6, 6.07) is 4.54. The Balaban J connectivity index is 2.40. The molecule has 1 aliphatic heterocycles. The number of carbonyl (C=O) groups excluding carboxylic acids is 3. The number of benzene rings is 1. The molecule has 1 aliphatic rings. The molecule has 0 fully saturated rings. The zero-order valence-electron chi connectivity index (χ0n) is 11.9. The van der Waals surface area contributed by atoms with Crippen molar-refractivity contribution in [2.24, 2.45) is 0 Å². The van der Waals surface area contributed by atoms with Crippen molar-refractivity contribution < 1.29 is 29.0 Å². The lowest BCUT2D eigenvalue weighted by molar-refractivity contribution is -0.159. The smallest absolute Gasteiger partial charge is 0.339 e. The van der Waals surface area contributed by atoms with Gasteiger partial charge in [0, 0.05) is 6.07 Å². The van der Waals surface area contributed by atoms with Gasteiger partial charge in [0.25, 0.3) is 11.7 Å². The predicted molar refractivity (Wildman–Crippen MR) is 72.3 cm³/mol. The number of fused-ring (bicyclic) bond motifs is 1. The van der Waals surface area contributed by atoms with Gasteiger partial charge in [-0.3, -0.25) is 9.59 Å². The molecule has 7 nitrogen and oxygen atoms in total. The summed E-state index contributed by atoms with van der Waals surface area (Å²) in [4.78, 5) is 36.5. The molecular weight excluding hydrogens is 278 g/mol. The van der Waals surface area contributed by atoms with Gasteiger partial charge in [0.15, 0.2) is 5.60 Å². The molecule has 0 spiro atoms. The molecule has 1 amide bonds. The fourth-order valence-corrected chi connectivity index (χ4v) is 2.15. The molecule has 0 saturated carbocycles. The van der Waals surface area contributed by atoms with Gasteiger partial charge in [0.05, 0.1) is 32.0 Å². The fraction of sp³-hybridized carbons (Fsp3) is 0.357. The Morgan fingerprint density at radius 3 is 2.57 bits per heavy atom. The first-order chi connectivity index (χ1) is 9.81. The third kappa shape index (κ3) is 2.47. The molecule has 1 aromatic carbocycles. The summed E-state index contributed by atoms with van der Waals surface area (Å²) in [5, 5.41) is 10.1. The standard InChI is InChI=1S/C14H15NO6/c1-14(19,13(18)21-3)7-15-10-6-8(20-2)4-5-9(10)11(16)12(15)17/h4-6,19H,7H2,1-3H3. The normalized spacial score (nSPS) is 16.5. The second-order valence-electron chi connectivity index (χ2n) is 4.87. The number of esters is 1. The Bertz CT molecular complexity index is 622. The van der Waals surface area contributed by atoms with Crippen molar-refractivity contribution in [3.05, 3.63) is 23.8 Å². The summed E-state index contributed by atoms with van der Waals surface area (Å²) >= 11 is 0. The maximum Gasteiger partial charge on any atom is 0.339 e. The Labute approximate surface area is 121 Å². The number of hydrogen-bond donors (Lipinski definition) is 1. The highest BCUT2D eigenvalue weighted by atomic mass is 16.5. The van der Waals surface area contributed by atoms with Crippen LogP contribution in [0.25, 0.3) is 0 Å². The lowest BCUT2D eigenvalue weighted by atomic mass is 10.1. The summed E-state index contributed by atoms with van der Waals surface area (Å²) in [6.45, 7) is 0.833. The second kappa shape index (κ2) is 5.17. The van der Waals surface area contributed by atoms with Gasteiger partial charge >= 0.3 is 5.97 Å². The molecule has 7 heteroatoms. The SMILES string of the molecule is COC(=O)C(C)(O)CN1C(=O)C(=O)c2ccc(OC)cc21. The highest BCUT2D eigenvalue weighted by Gasteiger charge is 2.42. The van der Waals surface area contributed by atoms with Crippen molar-refractivity contribution in [2.45, 2.75) is 12.5 Å². The minimum absolute atomic E-state index is 0.210. The van der Waals surface area contributed by atoms with Gasteiger partial charge in [-0.05, 0) is 19.1 Å². The maximum atomic E-state index is 12.0. The Morgan fingerprint density at radius 1 is 1.33 bits per heavy atom. The van der Waals surface area contributed by atoms with E-state index < -0.39 is 23.3 Å². The zero-order valence-corrected chi connectivity index (χ0v) is 11.9. The molecular formula is C14H15NO6. The van der Waals surface area contributed by atoms with E-state index in [4.69, 9.17) is 4.74 Å². The van der Waals surface area contributed by atoms with Crippen LogP contribution in [0.3, 0.4) is 0 Å². The molecule has 1 N–H and O–H groups in total. The van der Waals surface area contributed by atoms with Gasteiger partial charge in [-0.15, -0.1) is 0 Å². The summed E-state index contributed by atoms with van der Waals surface area (Å²) in [5.74, 6) is -1.92. The number of Topliss-reactive ketones (excluding diaryl/α,β-unsaturated/α-hetero) is 1. The second-order valence-corrected chi connectivity index (χ2v) is 4.87. The van der Waals surface area contributed by atoms with E-state index >= 15 is 0 Å². The molecule has 1 atom stereocenters. The van der Waals surface area contributed by atoms with E-state index in [1.54, 1.807) is 6.07 Å². The fourth-order valence-electron chi connectivity index (χ4n) is 2.15. The van der Waals surface area contributed by atoms with E-state index in [1.165, 1.54) is 26.2 Å².